The highest BCUT2D eigenvalue weighted by Gasteiger charge is 2.19. The van der Waals surface area contributed by atoms with Crippen LogP contribution >= 0.6 is 11.3 Å². The molecule has 1 aromatic carbocycles. The van der Waals surface area contributed by atoms with Gasteiger partial charge in [-0.05, 0) is 36.2 Å². The van der Waals surface area contributed by atoms with Crippen molar-refractivity contribution in [3.8, 4) is 10.4 Å². The largest absolute Gasteiger partial charge is 0.308 e. The van der Waals surface area contributed by atoms with Gasteiger partial charge in [0.05, 0.1) is 16.8 Å². The number of rotatable bonds is 3. The first-order chi connectivity index (χ1) is 11.0. The van der Waals surface area contributed by atoms with Gasteiger partial charge < -0.3 is 4.90 Å². The second-order valence-corrected chi connectivity index (χ2v) is 6.42. The van der Waals surface area contributed by atoms with Crippen molar-refractivity contribution in [2.75, 3.05) is 11.9 Å². The summed E-state index contributed by atoms with van der Waals surface area (Å²) in [6.07, 6.45) is 3.44. The number of aryl methyl sites for hydroxylation is 2. The van der Waals surface area contributed by atoms with Gasteiger partial charge in [0.2, 0.25) is 0 Å². The lowest BCUT2D eigenvalue weighted by Gasteiger charge is -2.13. The predicted molar refractivity (Wildman–Crippen MR) is 90.4 cm³/mol. The highest BCUT2D eigenvalue weighted by molar-refractivity contribution is 7.17. The van der Waals surface area contributed by atoms with Crippen LogP contribution in [-0.4, -0.2) is 22.7 Å². The lowest BCUT2D eigenvalue weighted by Crippen LogP contribution is -2.24. The fourth-order valence-electron chi connectivity index (χ4n) is 2.34. The second kappa shape index (κ2) is 5.96. The molecule has 0 saturated carbocycles. The Labute approximate surface area is 137 Å². The van der Waals surface area contributed by atoms with Gasteiger partial charge in [0.1, 0.15) is 5.82 Å². The van der Waals surface area contributed by atoms with Crippen molar-refractivity contribution in [1.82, 2.24) is 9.78 Å². The van der Waals surface area contributed by atoms with Gasteiger partial charge in [0.25, 0.3) is 5.91 Å². The molecule has 23 heavy (non-hydrogen) atoms. The Morgan fingerprint density at radius 1 is 1.30 bits per heavy atom. The molecule has 3 rings (SSSR count). The molecule has 2 aromatic heterocycles. The molecule has 0 bridgehead atoms. The van der Waals surface area contributed by atoms with Gasteiger partial charge in [0.15, 0.2) is 0 Å². The number of benzene rings is 1. The maximum absolute atomic E-state index is 13.1. The first kappa shape index (κ1) is 15.4. The van der Waals surface area contributed by atoms with Crippen LogP contribution in [0.2, 0.25) is 0 Å². The third-order valence-electron chi connectivity index (χ3n) is 3.62. The average molecular weight is 329 g/mol. The summed E-state index contributed by atoms with van der Waals surface area (Å²) in [6, 6.07) is 8.19. The summed E-state index contributed by atoms with van der Waals surface area (Å²) >= 11 is 1.42. The van der Waals surface area contributed by atoms with Crippen LogP contribution in [0.5, 0.6) is 0 Å². The van der Waals surface area contributed by atoms with Crippen molar-refractivity contribution in [3.63, 3.8) is 0 Å². The number of anilines is 1. The molecule has 0 unspecified atom stereocenters. The lowest BCUT2D eigenvalue weighted by atomic mass is 10.1. The monoisotopic (exact) mass is 329 g/mol. The molecular weight excluding hydrogens is 313 g/mol. The molecule has 0 N–H and O–H groups in total. The minimum atomic E-state index is -0.268. The highest BCUT2D eigenvalue weighted by Crippen LogP contribution is 2.33. The van der Waals surface area contributed by atoms with Crippen LogP contribution in [-0.2, 0) is 7.05 Å². The zero-order chi connectivity index (χ0) is 16.6. The molecule has 4 nitrogen and oxygen atoms in total. The number of carbonyl (C=O) groups excluding carboxylic acids is 1. The van der Waals surface area contributed by atoms with Crippen LogP contribution < -0.4 is 4.90 Å². The number of carbonyl (C=O) groups is 1. The summed E-state index contributed by atoms with van der Waals surface area (Å²) in [4.78, 5) is 15.8. The summed E-state index contributed by atoms with van der Waals surface area (Å²) in [5.74, 6) is -0.352. The molecule has 118 valence electrons. The quantitative estimate of drug-likeness (QED) is 0.731. The maximum atomic E-state index is 13.1. The van der Waals surface area contributed by atoms with Crippen molar-refractivity contribution in [1.29, 1.82) is 0 Å². The topological polar surface area (TPSA) is 38.1 Å². The Kier molecular flexibility index (Phi) is 4.00. The van der Waals surface area contributed by atoms with E-state index in [1.54, 1.807) is 41.2 Å². The molecule has 0 atom stereocenters. The van der Waals surface area contributed by atoms with Crippen LogP contribution in [0.3, 0.4) is 0 Å². The molecule has 0 aliphatic heterocycles. The van der Waals surface area contributed by atoms with E-state index < -0.39 is 0 Å². The first-order valence-corrected chi connectivity index (χ1v) is 7.90. The van der Waals surface area contributed by atoms with Gasteiger partial charge in [-0.2, -0.15) is 5.10 Å². The highest BCUT2D eigenvalue weighted by atomic mass is 32.1. The molecule has 6 heteroatoms. The standard InChI is InChI=1S/C17H16FN3OS/c1-11-8-15(17(22)21(3)14-9-19-20(2)10-14)23-16(11)12-4-6-13(18)7-5-12/h4-10H,1-3H3. The first-order valence-electron chi connectivity index (χ1n) is 7.09. The second-order valence-electron chi connectivity index (χ2n) is 5.37. The third-order valence-corrected chi connectivity index (χ3v) is 4.89. The molecule has 0 radical (unpaired) electrons. The number of thiophene rings is 1. The molecule has 0 aliphatic carbocycles. The van der Waals surface area contributed by atoms with Crippen molar-refractivity contribution >= 4 is 22.9 Å². The van der Waals surface area contributed by atoms with Gasteiger partial charge in [0, 0.05) is 25.2 Å². The van der Waals surface area contributed by atoms with E-state index >= 15 is 0 Å². The SMILES string of the molecule is Cc1cc(C(=O)N(C)c2cnn(C)c2)sc1-c1ccc(F)cc1. The maximum Gasteiger partial charge on any atom is 0.268 e. The van der Waals surface area contributed by atoms with E-state index in [0.29, 0.717) is 4.88 Å². The summed E-state index contributed by atoms with van der Waals surface area (Å²) in [5.41, 5.74) is 2.66. The van der Waals surface area contributed by atoms with E-state index in [2.05, 4.69) is 5.10 Å². The predicted octanol–water partition coefficient (Wildman–Crippen LogP) is 3.87. The molecular formula is C17H16FN3OS. The van der Waals surface area contributed by atoms with E-state index in [9.17, 15) is 9.18 Å². The zero-order valence-electron chi connectivity index (χ0n) is 13.1. The molecule has 1 amide bonds. The van der Waals surface area contributed by atoms with Crippen LogP contribution in [0.15, 0.2) is 42.7 Å². The van der Waals surface area contributed by atoms with Gasteiger partial charge in [-0.3, -0.25) is 9.48 Å². The van der Waals surface area contributed by atoms with E-state index in [1.165, 1.54) is 23.5 Å². The van der Waals surface area contributed by atoms with Crippen molar-refractivity contribution < 1.29 is 9.18 Å². The molecule has 2 heterocycles. The fourth-order valence-corrected chi connectivity index (χ4v) is 3.49. The van der Waals surface area contributed by atoms with E-state index in [1.807, 2.05) is 20.0 Å². The van der Waals surface area contributed by atoms with Gasteiger partial charge in [-0.15, -0.1) is 11.3 Å². The molecule has 0 aliphatic rings. The van der Waals surface area contributed by atoms with E-state index in [0.717, 1.165) is 21.7 Å². The smallest absolute Gasteiger partial charge is 0.268 e. The summed E-state index contributed by atoms with van der Waals surface area (Å²) in [6.45, 7) is 1.95. The number of hydrogen-bond acceptors (Lipinski definition) is 3. The lowest BCUT2D eigenvalue weighted by molar-refractivity contribution is 0.0997. The Bertz CT molecular complexity index is 851. The summed E-state index contributed by atoms with van der Waals surface area (Å²) in [5, 5.41) is 4.08. The normalized spacial score (nSPS) is 10.8. The minimum absolute atomic E-state index is 0.0838. The molecule has 0 fully saturated rings. The van der Waals surface area contributed by atoms with Crippen LogP contribution in [0.1, 0.15) is 15.2 Å². The molecule has 3 aromatic rings. The van der Waals surface area contributed by atoms with Crippen LogP contribution in [0.25, 0.3) is 10.4 Å². The van der Waals surface area contributed by atoms with Crippen molar-refractivity contribution in [3.05, 3.63) is 59.0 Å². The average Bonchev–Trinajstić information content (AvgIpc) is 3.13. The number of nitrogens with zero attached hydrogens (tertiary/aromatic N) is 3. The third kappa shape index (κ3) is 3.03. The Hall–Kier alpha value is -2.47. The van der Waals surface area contributed by atoms with Crippen LogP contribution in [0.4, 0.5) is 10.1 Å². The van der Waals surface area contributed by atoms with Gasteiger partial charge >= 0.3 is 0 Å². The number of aromatic nitrogens is 2. The van der Waals surface area contributed by atoms with Gasteiger partial charge in [-0.25, -0.2) is 4.39 Å². The Morgan fingerprint density at radius 3 is 2.61 bits per heavy atom. The van der Waals surface area contributed by atoms with Crippen LogP contribution in [0, 0.1) is 12.7 Å². The Balaban J connectivity index is 1.90. The van der Waals surface area contributed by atoms with E-state index in [-0.39, 0.29) is 11.7 Å². The fraction of sp³-hybridized carbons (Fsp3) is 0.176. The van der Waals surface area contributed by atoms with E-state index in [4.69, 9.17) is 0 Å². The molecule has 0 spiro atoms. The summed E-state index contributed by atoms with van der Waals surface area (Å²) in [7, 11) is 3.54. The Morgan fingerprint density at radius 2 is 2.00 bits per heavy atom. The van der Waals surface area contributed by atoms with Crippen molar-refractivity contribution in [2.45, 2.75) is 6.92 Å². The number of hydrogen-bond donors (Lipinski definition) is 0. The zero-order valence-corrected chi connectivity index (χ0v) is 13.9. The van der Waals surface area contributed by atoms with Gasteiger partial charge in [-0.1, -0.05) is 12.1 Å². The molecule has 0 saturated heterocycles. The summed E-state index contributed by atoms with van der Waals surface area (Å²) < 4.78 is 14.7. The minimum Gasteiger partial charge on any atom is -0.308 e. The van der Waals surface area contributed by atoms with Crippen molar-refractivity contribution in [2.24, 2.45) is 7.05 Å². The number of amides is 1. The number of halogens is 1.